The topological polar surface area (TPSA) is 21.3 Å². The van der Waals surface area contributed by atoms with E-state index >= 15 is 0 Å². The van der Waals surface area contributed by atoms with E-state index in [-0.39, 0.29) is 0 Å². The minimum absolute atomic E-state index is 0.808. The maximum Gasteiger partial charge on any atom is 0.0462 e. The van der Waals surface area contributed by atoms with E-state index in [0.29, 0.717) is 0 Å². The summed E-state index contributed by atoms with van der Waals surface area (Å²) in [6.45, 7) is 4.39. The minimum Gasteiger partial charge on any atom is -0.385 e. The third-order valence-corrected chi connectivity index (χ3v) is 3.33. The van der Waals surface area contributed by atoms with Crippen LogP contribution in [-0.2, 0) is 4.74 Å². The number of unbranched alkanes of at least 4 members (excludes halogenated alkanes) is 1. The molecule has 0 spiro atoms. The van der Waals surface area contributed by atoms with Crippen LogP contribution in [0.4, 0.5) is 0 Å². The normalized spacial score (nSPS) is 27.0. The van der Waals surface area contributed by atoms with Gasteiger partial charge in [-0.1, -0.05) is 13.3 Å². The van der Waals surface area contributed by atoms with Crippen molar-refractivity contribution in [1.29, 1.82) is 0 Å². The van der Waals surface area contributed by atoms with Crippen LogP contribution < -0.4 is 5.32 Å². The summed E-state index contributed by atoms with van der Waals surface area (Å²) in [5.74, 6) is 0.992. The molecule has 2 unspecified atom stereocenters. The molecule has 2 nitrogen and oxygen atoms in total. The molecule has 0 bridgehead atoms. The van der Waals surface area contributed by atoms with Gasteiger partial charge in [0.05, 0.1) is 0 Å². The molecule has 1 rings (SSSR count). The molecule has 1 aliphatic rings. The Morgan fingerprint density at radius 3 is 2.79 bits per heavy atom. The molecule has 0 aromatic rings. The molecule has 1 N–H and O–H groups in total. The Labute approximate surface area is 88.4 Å². The highest BCUT2D eigenvalue weighted by Crippen LogP contribution is 2.27. The molecule has 0 aromatic heterocycles. The van der Waals surface area contributed by atoms with Crippen LogP contribution in [0, 0.1) is 5.92 Å². The van der Waals surface area contributed by atoms with Gasteiger partial charge in [0.1, 0.15) is 0 Å². The molecular weight excluding hydrogens is 174 g/mol. The zero-order valence-corrected chi connectivity index (χ0v) is 9.72. The largest absolute Gasteiger partial charge is 0.385 e. The second kappa shape index (κ2) is 7.24. The predicted octanol–water partition coefficient (Wildman–Crippen LogP) is 2.58. The lowest BCUT2D eigenvalue weighted by Crippen LogP contribution is -2.27. The van der Waals surface area contributed by atoms with Gasteiger partial charge in [0, 0.05) is 19.8 Å². The summed E-state index contributed by atoms with van der Waals surface area (Å²) in [6.07, 6.45) is 8.03. The van der Waals surface area contributed by atoms with Gasteiger partial charge in [-0.3, -0.25) is 0 Å². The summed E-state index contributed by atoms with van der Waals surface area (Å²) in [5.41, 5.74) is 0. The first-order valence-corrected chi connectivity index (χ1v) is 6.09. The van der Waals surface area contributed by atoms with Gasteiger partial charge in [-0.15, -0.1) is 0 Å². The Morgan fingerprint density at radius 2 is 2.14 bits per heavy atom. The third kappa shape index (κ3) is 4.43. The van der Waals surface area contributed by atoms with Gasteiger partial charge >= 0.3 is 0 Å². The quantitative estimate of drug-likeness (QED) is 0.636. The van der Waals surface area contributed by atoms with E-state index in [1.807, 2.05) is 0 Å². The molecule has 1 saturated carbocycles. The maximum absolute atomic E-state index is 5.02. The Hall–Kier alpha value is -0.0800. The zero-order chi connectivity index (χ0) is 10.2. The van der Waals surface area contributed by atoms with Gasteiger partial charge in [-0.2, -0.15) is 0 Å². The van der Waals surface area contributed by atoms with Crippen molar-refractivity contribution in [3.8, 4) is 0 Å². The fourth-order valence-corrected chi connectivity index (χ4v) is 2.31. The number of ether oxygens (including phenoxy) is 1. The lowest BCUT2D eigenvalue weighted by Gasteiger charge is -2.12. The highest BCUT2D eigenvalue weighted by atomic mass is 16.5. The molecule has 0 aromatic carbocycles. The van der Waals surface area contributed by atoms with Crippen LogP contribution in [-0.4, -0.2) is 26.3 Å². The summed E-state index contributed by atoms with van der Waals surface area (Å²) >= 11 is 0. The zero-order valence-electron chi connectivity index (χ0n) is 9.72. The number of nitrogens with one attached hydrogen (secondary N) is 1. The first-order chi connectivity index (χ1) is 6.86. The van der Waals surface area contributed by atoms with Gasteiger partial charge in [0.15, 0.2) is 0 Å². The van der Waals surface area contributed by atoms with E-state index < -0.39 is 0 Å². The lowest BCUT2D eigenvalue weighted by atomic mass is 10.1. The van der Waals surface area contributed by atoms with Crippen LogP contribution in [0.3, 0.4) is 0 Å². The average molecular weight is 199 g/mol. The summed E-state index contributed by atoms with van der Waals surface area (Å²) < 4.78 is 5.02. The van der Waals surface area contributed by atoms with Crippen molar-refractivity contribution in [2.45, 2.75) is 51.5 Å². The molecular formula is C12H25NO. The summed E-state index contributed by atoms with van der Waals surface area (Å²) in [4.78, 5) is 0. The molecule has 14 heavy (non-hydrogen) atoms. The van der Waals surface area contributed by atoms with E-state index in [4.69, 9.17) is 4.74 Å². The molecule has 0 radical (unpaired) electrons. The van der Waals surface area contributed by atoms with Crippen molar-refractivity contribution in [2.75, 3.05) is 20.3 Å². The van der Waals surface area contributed by atoms with Crippen LogP contribution >= 0.6 is 0 Å². The van der Waals surface area contributed by atoms with Crippen molar-refractivity contribution >= 4 is 0 Å². The molecule has 0 aliphatic heterocycles. The van der Waals surface area contributed by atoms with E-state index in [1.165, 1.54) is 45.1 Å². The van der Waals surface area contributed by atoms with Gasteiger partial charge in [-0.25, -0.2) is 0 Å². The third-order valence-electron chi connectivity index (χ3n) is 3.33. The molecule has 84 valence electrons. The summed E-state index contributed by atoms with van der Waals surface area (Å²) in [6, 6.07) is 0.808. The summed E-state index contributed by atoms with van der Waals surface area (Å²) in [5, 5.41) is 3.65. The van der Waals surface area contributed by atoms with Gasteiger partial charge in [0.25, 0.3) is 0 Å². The molecule has 1 fully saturated rings. The Morgan fingerprint density at radius 1 is 1.29 bits per heavy atom. The second-order valence-electron chi connectivity index (χ2n) is 4.44. The maximum atomic E-state index is 5.02. The van der Waals surface area contributed by atoms with Crippen LogP contribution in [0.2, 0.25) is 0 Å². The van der Waals surface area contributed by atoms with Crippen molar-refractivity contribution < 1.29 is 4.74 Å². The average Bonchev–Trinajstić information content (AvgIpc) is 2.65. The molecule has 2 atom stereocenters. The Bertz CT molecular complexity index is 138. The van der Waals surface area contributed by atoms with E-state index in [9.17, 15) is 0 Å². The fourth-order valence-electron chi connectivity index (χ4n) is 2.31. The van der Waals surface area contributed by atoms with Crippen LogP contribution in [0.1, 0.15) is 45.4 Å². The van der Waals surface area contributed by atoms with Crippen molar-refractivity contribution in [1.82, 2.24) is 5.32 Å². The SMILES string of the molecule is CCC1CCC(NCCCCOC)C1. The summed E-state index contributed by atoms with van der Waals surface area (Å²) in [7, 11) is 1.77. The van der Waals surface area contributed by atoms with Gasteiger partial charge in [0.2, 0.25) is 0 Å². The van der Waals surface area contributed by atoms with E-state index in [0.717, 1.165) is 18.6 Å². The minimum atomic E-state index is 0.808. The van der Waals surface area contributed by atoms with Crippen molar-refractivity contribution in [3.63, 3.8) is 0 Å². The van der Waals surface area contributed by atoms with Crippen LogP contribution in [0.15, 0.2) is 0 Å². The number of hydrogen-bond acceptors (Lipinski definition) is 2. The predicted molar refractivity (Wildman–Crippen MR) is 60.5 cm³/mol. The molecule has 1 aliphatic carbocycles. The molecule has 0 heterocycles. The Balaban J connectivity index is 1.92. The first kappa shape index (κ1) is 12.0. The fraction of sp³-hybridized carbons (Fsp3) is 1.00. The van der Waals surface area contributed by atoms with Crippen molar-refractivity contribution in [2.24, 2.45) is 5.92 Å². The molecule has 2 heteroatoms. The first-order valence-electron chi connectivity index (χ1n) is 6.09. The lowest BCUT2D eigenvalue weighted by molar-refractivity contribution is 0.192. The number of rotatable bonds is 7. The second-order valence-corrected chi connectivity index (χ2v) is 4.44. The smallest absolute Gasteiger partial charge is 0.0462 e. The highest BCUT2D eigenvalue weighted by molar-refractivity contribution is 4.79. The molecule has 0 saturated heterocycles. The van der Waals surface area contributed by atoms with Crippen molar-refractivity contribution in [3.05, 3.63) is 0 Å². The Kier molecular flexibility index (Phi) is 6.20. The highest BCUT2D eigenvalue weighted by Gasteiger charge is 2.22. The van der Waals surface area contributed by atoms with E-state index in [1.54, 1.807) is 7.11 Å². The molecule has 0 amide bonds. The standard InChI is InChI=1S/C12H25NO/c1-3-11-6-7-12(10-11)13-8-4-5-9-14-2/h11-13H,3-10H2,1-2H3. The monoisotopic (exact) mass is 199 g/mol. The van der Waals surface area contributed by atoms with Crippen LogP contribution in [0.5, 0.6) is 0 Å². The van der Waals surface area contributed by atoms with Crippen LogP contribution in [0.25, 0.3) is 0 Å². The van der Waals surface area contributed by atoms with Gasteiger partial charge < -0.3 is 10.1 Å². The number of methoxy groups -OCH3 is 1. The van der Waals surface area contributed by atoms with Gasteiger partial charge in [-0.05, 0) is 44.6 Å². The van der Waals surface area contributed by atoms with E-state index in [2.05, 4.69) is 12.2 Å². The number of hydrogen-bond donors (Lipinski definition) is 1.